The van der Waals surface area contributed by atoms with Crippen molar-refractivity contribution in [2.75, 3.05) is 5.88 Å². The molecule has 0 aromatic rings. The van der Waals surface area contributed by atoms with Crippen LogP contribution in [0.25, 0.3) is 0 Å². The van der Waals surface area contributed by atoms with Crippen molar-refractivity contribution in [2.24, 2.45) is 0 Å². The predicted octanol–water partition coefficient (Wildman–Crippen LogP) is 3.63. The Kier molecular flexibility index (Phi) is 4.11. The van der Waals surface area contributed by atoms with Gasteiger partial charge in [-0.25, -0.2) is 0 Å². The Morgan fingerprint density at radius 1 is 1.50 bits per heavy atom. The zero-order valence-corrected chi connectivity index (χ0v) is 10.3. The molecule has 1 fully saturated rings. The normalized spacial score (nSPS) is 28.8. The number of ether oxygens (including phenoxy) is 2. The lowest BCUT2D eigenvalue weighted by Gasteiger charge is -2.16. The van der Waals surface area contributed by atoms with E-state index in [9.17, 15) is 0 Å². The summed E-state index contributed by atoms with van der Waals surface area (Å²) in [6.45, 7) is 5.96. The van der Waals surface area contributed by atoms with Gasteiger partial charge in [-0.1, -0.05) is 24.9 Å². The summed E-state index contributed by atoms with van der Waals surface area (Å²) in [4.78, 5) is 0. The topological polar surface area (TPSA) is 18.5 Å². The van der Waals surface area contributed by atoms with Crippen LogP contribution in [-0.4, -0.2) is 17.8 Å². The molecule has 0 spiro atoms. The van der Waals surface area contributed by atoms with Crippen molar-refractivity contribution >= 4 is 23.2 Å². The third-order valence-corrected chi connectivity index (χ3v) is 2.82. The van der Waals surface area contributed by atoms with E-state index in [1.54, 1.807) is 0 Å². The molecule has 0 amide bonds. The molecule has 1 saturated heterocycles. The van der Waals surface area contributed by atoms with Crippen molar-refractivity contribution in [3.8, 4) is 0 Å². The van der Waals surface area contributed by atoms with Gasteiger partial charge in [0.15, 0.2) is 0 Å². The SMILES string of the molecule is CCCC1O/C(=C(\Cl)CCl)C(C)(C)O1. The van der Waals surface area contributed by atoms with Crippen molar-refractivity contribution in [1.82, 2.24) is 0 Å². The molecule has 2 nitrogen and oxygen atoms in total. The standard InChI is InChI=1S/C10H16Cl2O2/c1-4-5-8-13-9(7(12)6-11)10(2,3)14-8/h8H,4-6H2,1-3H3/b9-7-. The predicted molar refractivity (Wildman–Crippen MR) is 58.5 cm³/mol. The van der Waals surface area contributed by atoms with E-state index in [4.69, 9.17) is 32.7 Å². The van der Waals surface area contributed by atoms with E-state index in [1.165, 1.54) is 0 Å². The van der Waals surface area contributed by atoms with E-state index in [2.05, 4.69) is 6.92 Å². The number of hydrogen-bond acceptors (Lipinski definition) is 2. The fourth-order valence-electron chi connectivity index (χ4n) is 1.48. The molecular weight excluding hydrogens is 223 g/mol. The Labute approximate surface area is 95.2 Å². The maximum atomic E-state index is 5.96. The summed E-state index contributed by atoms with van der Waals surface area (Å²) >= 11 is 11.6. The highest BCUT2D eigenvalue weighted by Crippen LogP contribution is 2.37. The van der Waals surface area contributed by atoms with Crippen LogP contribution in [0.5, 0.6) is 0 Å². The Bertz CT molecular complexity index is 236. The van der Waals surface area contributed by atoms with Gasteiger partial charge < -0.3 is 9.47 Å². The first kappa shape index (κ1) is 12.2. The maximum Gasteiger partial charge on any atom is 0.200 e. The second-order valence-corrected chi connectivity index (χ2v) is 4.56. The summed E-state index contributed by atoms with van der Waals surface area (Å²) in [5, 5.41) is 0.537. The molecule has 0 radical (unpaired) electrons. The molecule has 1 aliphatic rings. The Morgan fingerprint density at radius 2 is 2.14 bits per heavy atom. The Hall–Kier alpha value is 0.0800. The van der Waals surface area contributed by atoms with Crippen LogP contribution in [0.2, 0.25) is 0 Å². The minimum atomic E-state index is -0.453. The molecule has 0 saturated carbocycles. The number of hydrogen-bond donors (Lipinski definition) is 0. The van der Waals surface area contributed by atoms with Crippen molar-refractivity contribution in [3.05, 3.63) is 10.8 Å². The van der Waals surface area contributed by atoms with E-state index >= 15 is 0 Å². The highest BCUT2D eigenvalue weighted by molar-refractivity contribution is 6.36. The molecule has 1 heterocycles. The lowest BCUT2D eigenvalue weighted by molar-refractivity contribution is -0.0810. The van der Waals surface area contributed by atoms with E-state index in [0.29, 0.717) is 10.8 Å². The zero-order chi connectivity index (χ0) is 10.8. The molecule has 0 aliphatic carbocycles. The summed E-state index contributed by atoms with van der Waals surface area (Å²) in [6, 6.07) is 0. The number of allylic oxidation sites excluding steroid dienone is 1. The molecular formula is C10H16Cl2O2. The zero-order valence-electron chi connectivity index (χ0n) is 8.77. The van der Waals surface area contributed by atoms with E-state index in [-0.39, 0.29) is 12.2 Å². The maximum absolute atomic E-state index is 5.96. The molecule has 1 atom stereocenters. The van der Waals surface area contributed by atoms with Gasteiger partial charge in [0.2, 0.25) is 6.29 Å². The van der Waals surface area contributed by atoms with Gasteiger partial charge in [0, 0.05) is 6.42 Å². The minimum absolute atomic E-state index is 0.179. The summed E-state index contributed by atoms with van der Waals surface area (Å²) < 4.78 is 11.3. The lowest BCUT2D eigenvalue weighted by Crippen LogP contribution is -2.22. The van der Waals surface area contributed by atoms with Crippen molar-refractivity contribution in [1.29, 1.82) is 0 Å². The molecule has 14 heavy (non-hydrogen) atoms. The molecule has 1 unspecified atom stereocenters. The van der Waals surface area contributed by atoms with E-state index in [1.807, 2.05) is 13.8 Å². The van der Waals surface area contributed by atoms with Gasteiger partial charge in [0.05, 0.1) is 10.9 Å². The van der Waals surface area contributed by atoms with E-state index < -0.39 is 5.60 Å². The monoisotopic (exact) mass is 238 g/mol. The number of alkyl halides is 1. The molecule has 1 rings (SSSR count). The average Bonchev–Trinajstić information content (AvgIpc) is 2.40. The van der Waals surface area contributed by atoms with Crippen LogP contribution in [0.4, 0.5) is 0 Å². The molecule has 1 aliphatic heterocycles. The minimum Gasteiger partial charge on any atom is -0.465 e. The van der Waals surface area contributed by atoms with Gasteiger partial charge in [-0.3, -0.25) is 0 Å². The number of halogens is 2. The van der Waals surface area contributed by atoms with Crippen LogP contribution in [0, 0.1) is 0 Å². The van der Waals surface area contributed by atoms with Crippen molar-refractivity contribution in [3.63, 3.8) is 0 Å². The van der Waals surface area contributed by atoms with Crippen LogP contribution in [0.3, 0.4) is 0 Å². The van der Waals surface area contributed by atoms with Crippen LogP contribution in [0.15, 0.2) is 10.8 Å². The van der Waals surface area contributed by atoms with Crippen LogP contribution in [-0.2, 0) is 9.47 Å². The fraction of sp³-hybridized carbons (Fsp3) is 0.800. The Morgan fingerprint density at radius 3 is 2.64 bits per heavy atom. The van der Waals surface area contributed by atoms with Gasteiger partial charge in [-0.15, -0.1) is 11.6 Å². The highest BCUT2D eigenvalue weighted by Gasteiger charge is 2.39. The quantitative estimate of drug-likeness (QED) is 0.700. The third kappa shape index (κ3) is 2.56. The number of rotatable bonds is 3. The average molecular weight is 239 g/mol. The van der Waals surface area contributed by atoms with Gasteiger partial charge in [-0.05, 0) is 13.8 Å². The van der Waals surface area contributed by atoms with Gasteiger partial charge >= 0.3 is 0 Å². The summed E-state index contributed by atoms with van der Waals surface area (Å²) in [5.74, 6) is 0.940. The van der Waals surface area contributed by atoms with Crippen LogP contribution >= 0.6 is 23.2 Å². The molecule has 0 aromatic heterocycles. The Balaban J connectivity index is 2.79. The van der Waals surface area contributed by atoms with E-state index in [0.717, 1.165) is 12.8 Å². The highest BCUT2D eigenvalue weighted by atomic mass is 35.5. The largest absolute Gasteiger partial charge is 0.465 e. The molecule has 82 valence electrons. The first-order valence-corrected chi connectivity index (χ1v) is 5.72. The van der Waals surface area contributed by atoms with Crippen LogP contribution < -0.4 is 0 Å². The molecule has 0 aromatic carbocycles. The first-order valence-electron chi connectivity index (χ1n) is 4.80. The van der Waals surface area contributed by atoms with Crippen LogP contribution in [0.1, 0.15) is 33.6 Å². The summed E-state index contributed by atoms with van der Waals surface area (Å²) in [5.41, 5.74) is -0.453. The smallest absolute Gasteiger partial charge is 0.200 e. The summed E-state index contributed by atoms with van der Waals surface area (Å²) in [7, 11) is 0. The third-order valence-electron chi connectivity index (χ3n) is 2.11. The van der Waals surface area contributed by atoms with Gasteiger partial charge in [-0.2, -0.15) is 0 Å². The van der Waals surface area contributed by atoms with Crippen molar-refractivity contribution < 1.29 is 9.47 Å². The second-order valence-electron chi connectivity index (χ2n) is 3.83. The van der Waals surface area contributed by atoms with Crippen molar-refractivity contribution in [2.45, 2.75) is 45.5 Å². The first-order chi connectivity index (χ1) is 6.51. The second kappa shape index (κ2) is 4.73. The lowest BCUT2D eigenvalue weighted by atomic mass is 10.1. The fourth-order valence-corrected chi connectivity index (χ4v) is 1.88. The molecule has 0 N–H and O–H groups in total. The van der Waals surface area contributed by atoms with Gasteiger partial charge in [0.1, 0.15) is 11.4 Å². The molecule has 0 bridgehead atoms. The summed E-state index contributed by atoms with van der Waals surface area (Å²) in [6.07, 6.45) is 1.72. The molecule has 4 heteroatoms. The van der Waals surface area contributed by atoms with Gasteiger partial charge in [0.25, 0.3) is 0 Å².